The monoisotopic (exact) mass is 406 g/mol. The zero-order valence-corrected chi connectivity index (χ0v) is 16.9. The fourth-order valence-electron chi connectivity index (χ4n) is 2.89. The number of rotatable bonds is 5. The largest absolute Gasteiger partial charge is 0.379 e. The van der Waals surface area contributed by atoms with E-state index in [2.05, 4.69) is 5.32 Å². The number of carbonyl (C=O) groups is 1. The normalized spacial score (nSPS) is 15.5. The van der Waals surface area contributed by atoms with Crippen LogP contribution in [-0.4, -0.2) is 51.2 Å². The van der Waals surface area contributed by atoms with Crippen molar-refractivity contribution in [3.8, 4) is 0 Å². The van der Waals surface area contributed by atoms with Crippen LogP contribution in [0, 0.1) is 6.92 Å². The van der Waals surface area contributed by atoms with E-state index >= 15 is 0 Å². The Morgan fingerprint density at radius 1 is 1.15 bits per heavy atom. The van der Waals surface area contributed by atoms with Crippen LogP contribution in [0.3, 0.4) is 0 Å². The number of benzene rings is 2. The molecule has 0 spiro atoms. The van der Waals surface area contributed by atoms with E-state index < -0.39 is 10.0 Å². The second-order valence-corrected chi connectivity index (χ2v) is 8.91. The van der Waals surface area contributed by atoms with Crippen LogP contribution in [0.5, 0.6) is 0 Å². The van der Waals surface area contributed by atoms with Crippen molar-refractivity contribution < 1.29 is 17.9 Å². The van der Waals surface area contributed by atoms with Gasteiger partial charge < -0.3 is 10.1 Å². The molecule has 6 nitrogen and oxygen atoms in total. The van der Waals surface area contributed by atoms with Gasteiger partial charge in [0.2, 0.25) is 10.0 Å². The predicted octanol–water partition coefficient (Wildman–Crippen LogP) is 2.99. The third kappa shape index (κ3) is 4.35. The summed E-state index contributed by atoms with van der Waals surface area (Å²) in [6.45, 7) is 3.13. The number of thioether (sulfide) groups is 1. The minimum absolute atomic E-state index is 0.162. The number of nitrogens with zero attached hydrogens (tertiary/aromatic N) is 1. The number of nitrogens with one attached hydrogen (secondary N) is 1. The Bertz CT molecular complexity index is 938. The first-order valence-electron chi connectivity index (χ1n) is 8.56. The van der Waals surface area contributed by atoms with Crippen LogP contribution in [0.15, 0.2) is 52.3 Å². The second-order valence-electron chi connectivity index (χ2n) is 6.15. The highest BCUT2D eigenvalue weighted by molar-refractivity contribution is 7.98. The lowest BCUT2D eigenvalue weighted by Crippen LogP contribution is -2.40. The topological polar surface area (TPSA) is 75.7 Å². The SMILES string of the molecule is CSc1ccccc1NC(=O)c1ccc(C)c(S(=O)(=O)N2CCOCC2)c1. The van der Waals surface area contributed by atoms with E-state index in [1.54, 1.807) is 19.1 Å². The maximum Gasteiger partial charge on any atom is 0.255 e. The summed E-state index contributed by atoms with van der Waals surface area (Å²) in [5.74, 6) is -0.338. The zero-order chi connectivity index (χ0) is 19.4. The quantitative estimate of drug-likeness (QED) is 0.773. The van der Waals surface area contributed by atoms with Crippen LogP contribution >= 0.6 is 11.8 Å². The molecule has 2 aromatic carbocycles. The van der Waals surface area contributed by atoms with Crippen LogP contribution in [0.4, 0.5) is 5.69 Å². The number of hydrogen-bond acceptors (Lipinski definition) is 5. The molecule has 1 saturated heterocycles. The number of para-hydroxylation sites is 1. The van der Waals surface area contributed by atoms with Crippen molar-refractivity contribution in [3.05, 3.63) is 53.6 Å². The van der Waals surface area contributed by atoms with Crippen LogP contribution in [0.1, 0.15) is 15.9 Å². The molecule has 0 atom stereocenters. The standard InChI is InChI=1S/C19H22N2O4S2/c1-14-7-8-15(19(22)20-16-5-3-4-6-17(16)26-2)13-18(14)27(23,24)21-9-11-25-12-10-21/h3-8,13H,9-12H2,1-2H3,(H,20,22). The Morgan fingerprint density at radius 3 is 2.56 bits per heavy atom. The number of ether oxygens (including phenoxy) is 1. The summed E-state index contributed by atoms with van der Waals surface area (Å²) >= 11 is 1.53. The lowest BCUT2D eigenvalue weighted by molar-refractivity contribution is 0.0730. The summed E-state index contributed by atoms with van der Waals surface area (Å²) in [5.41, 5.74) is 1.62. The van der Waals surface area contributed by atoms with Gasteiger partial charge >= 0.3 is 0 Å². The first-order valence-corrected chi connectivity index (χ1v) is 11.2. The summed E-state index contributed by atoms with van der Waals surface area (Å²) in [7, 11) is -3.67. The summed E-state index contributed by atoms with van der Waals surface area (Å²) in [4.78, 5) is 13.8. The summed E-state index contributed by atoms with van der Waals surface area (Å²) in [6.07, 6.45) is 1.93. The van der Waals surface area contributed by atoms with Crippen molar-refractivity contribution in [2.45, 2.75) is 16.7 Å². The Morgan fingerprint density at radius 2 is 1.85 bits per heavy atom. The number of morpholine rings is 1. The molecular weight excluding hydrogens is 384 g/mol. The number of carbonyl (C=O) groups excluding carboxylic acids is 1. The molecular formula is C19H22N2O4S2. The van der Waals surface area contributed by atoms with Gasteiger partial charge in [-0.25, -0.2) is 8.42 Å². The van der Waals surface area contributed by atoms with Gasteiger partial charge in [0.05, 0.1) is 23.8 Å². The summed E-state index contributed by atoms with van der Waals surface area (Å²) < 4.78 is 32.6. The Labute approximate surface area is 164 Å². The molecule has 1 fully saturated rings. The second kappa shape index (κ2) is 8.43. The first kappa shape index (κ1) is 19.9. The number of amides is 1. The molecule has 1 amide bonds. The zero-order valence-electron chi connectivity index (χ0n) is 15.3. The highest BCUT2D eigenvalue weighted by atomic mass is 32.2. The molecule has 1 aliphatic heterocycles. The van der Waals surface area contributed by atoms with Gasteiger partial charge in [-0.15, -0.1) is 11.8 Å². The maximum atomic E-state index is 13.0. The van der Waals surface area contributed by atoms with Crippen molar-refractivity contribution in [2.75, 3.05) is 37.9 Å². The molecule has 0 unspecified atom stereocenters. The van der Waals surface area contributed by atoms with E-state index in [0.717, 1.165) is 4.90 Å². The number of hydrogen-bond donors (Lipinski definition) is 1. The molecule has 2 aromatic rings. The molecule has 8 heteroatoms. The lowest BCUT2D eigenvalue weighted by atomic mass is 10.1. The van der Waals surface area contributed by atoms with Gasteiger partial charge in [0.1, 0.15) is 0 Å². The van der Waals surface area contributed by atoms with Gasteiger partial charge in [0.25, 0.3) is 5.91 Å². The van der Waals surface area contributed by atoms with Crippen molar-refractivity contribution in [2.24, 2.45) is 0 Å². The molecule has 144 valence electrons. The van der Waals surface area contributed by atoms with Crippen LogP contribution in [-0.2, 0) is 14.8 Å². The Kier molecular flexibility index (Phi) is 6.21. The highest BCUT2D eigenvalue weighted by Crippen LogP contribution is 2.26. The molecule has 3 rings (SSSR count). The van der Waals surface area contributed by atoms with Crippen molar-refractivity contribution >= 4 is 33.4 Å². The minimum atomic E-state index is -3.67. The van der Waals surface area contributed by atoms with Crippen LogP contribution in [0.2, 0.25) is 0 Å². The third-order valence-electron chi connectivity index (χ3n) is 4.39. The molecule has 1 N–H and O–H groups in total. The molecule has 1 heterocycles. The van der Waals surface area contributed by atoms with E-state index in [1.807, 2.05) is 30.5 Å². The first-order chi connectivity index (χ1) is 12.9. The molecule has 27 heavy (non-hydrogen) atoms. The van der Waals surface area contributed by atoms with Gasteiger partial charge in [-0.05, 0) is 43.0 Å². The molecule has 0 aliphatic carbocycles. The summed E-state index contributed by atoms with van der Waals surface area (Å²) in [6, 6.07) is 12.3. The molecule has 0 bridgehead atoms. The molecule has 0 aromatic heterocycles. The van der Waals surface area contributed by atoms with Gasteiger partial charge in [0.15, 0.2) is 0 Å². The average molecular weight is 407 g/mol. The Balaban J connectivity index is 1.89. The molecule has 0 radical (unpaired) electrons. The average Bonchev–Trinajstić information content (AvgIpc) is 2.69. The predicted molar refractivity (Wildman–Crippen MR) is 107 cm³/mol. The lowest BCUT2D eigenvalue weighted by Gasteiger charge is -2.26. The van der Waals surface area contributed by atoms with Crippen molar-refractivity contribution in [1.82, 2.24) is 4.31 Å². The summed E-state index contributed by atoms with van der Waals surface area (Å²) in [5, 5.41) is 2.87. The highest BCUT2D eigenvalue weighted by Gasteiger charge is 2.28. The van der Waals surface area contributed by atoms with Crippen LogP contribution in [0.25, 0.3) is 0 Å². The third-order valence-corrected chi connectivity index (χ3v) is 7.23. The van der Waals surface area contributed by atoms with Gasteiger partial charge in [-0.3, -0.25) is 4.79 Å². The molecule has 0 saturated carbocycles. The Hall–Kier alpha value is -1.87. The van der Waals surface area contributed by atoms with Crippen molar-refractivity contribution in [1.29, 1.82) is 0 Å². The van der Waals surface area contributed by atoms with Gasteiger partial charge in [-0.1, -0.05) is 18.2 Å². The van der Waals surface area contributed by atoms with Gasteiger partial charge in [0, 0.05) is 23.5 Å². The molecule has 1 aliphatic rings. The number of anilines is 1. The number of sulfonamides is 1. The smallest absolute Gasteiger partial charge is 0.255 e. The van der Waals surface area contributed by atoms with Crippen molar-refractivity contribution in [3.63, 3.8) is 0 Å². The fraction of sp³-hybridized carbons (Fsp3) is 0.316. The van der Waals surface area contributed by atoms with E-state index in [-0.39, 0.29) is 10.8 Å². The van der Waals surface area contributed by atoms with E-state index in [1.165, 1.54) is 22.1 Å². The van der Waals surface area contributed by atoms with E-state index in [9.17, 15) is 13.2 Å². The van der Waals surface area contributed by atoms with E-state index in [0.29, 0.717) is 43.1 Å². The maximum absolute atomic E-state index is 13.0. The van der Waals surface area contributed by atoms with Crippen LogP contribution < -0.4 is 5.32 Å². The van der Waals surface area contributed by atoms with E-state index in [4.69, 9.17) is 4.74 Å². The minimum Gasteiger partial charge on any atom is -0.379 e. The fourth-order valence-corrected chi connectivity index (χ4v) is 5.10. The number of aryl methyl sites for hydroxylation is 1. The van der Waals surface area contributed by atoms with Gasteiger partial charge in [-0.2, -0.15) is 4.31 Å².